The fraction of sp³-hybridized carbons (Fsp3) is 0.105. The Morgan fingerprint density at radius 3 is 2.52 bits per heavy atom. The van der Waals surface area contributed by atoms with E-state index in [2.05, 4.69) is 10.3 Å². The third kappa shape index (κ3) is 5.25. The van der Waals surface area contributed by atoms with E-state index in [0.29, 0.717) is 10.6 Å². The summed E-state index contributed by atoms with van der Waals surface area (Å²) in [4.78, 5) is 27.2. The lowest BCUT2D eigenvalue weighted by Gasteiger charge is -2.08. The van der Waals surface area contributed by atoms with Crippen LogP contribution in [0.4, 0.5) is 0 Å². The largest absolute Gasteiger partial charge is 0.497 e. The summed E-state index contributed by atoms with van der Waals surface area (Å²) in [6.45, 7) is 0.0687. The number of aromatic nitrogens is 1. The SMILES string of the molecule is COc1ccc(S(=O)(=O)NNC(=O)c2ccc[n+](CC(=O)c3cccs3)c2)cc1. The van der Waals surface area contributed by atoms with Crippen molar-refractivity contribution in [2.75, 3.05) is 7.11 Å². The first-order valence-electron chi connectivity index (χ1n) is 8.41. The lowest BCUT2D eigenvalue weighted by Crippen LogP contribution is -2.43. The number of hydrogen-bond donors (Lipinski definition) is 2. The highest BCUT2D eigenvalue weighted by Gasteiger charge is 2.18. The number of carbonyl (C=O) groups excluding carboxylic acids is 2. The molecule has 0 aliphatic heterocycles. The van der Waals surface area contributed by atoms with Crippen LogP contribution in [-0.2, 0) is 16.6 Å². The summed E-state index contributed by atoms with van der Waals surface area (Å²) in [6.07, 6.45) is 3.13. The van der Waals surface area contributed by atoms with Gasteiger partial charge in [-0.15, -0.1) is 16.2 Å². The Hall–Kier alpha value is -3.08. The van der Waals surface area contributed by atoms with Gasteiger partial charge in [0.05, 0.1) is 16.9 Å². The quantitative estimate of drug-likeness (QED) is 0.319. The predicted molar refractivity (Wildman–Crippen MR) is 106 cm³/mol. The normalized spacial score (nSPS) is 11.1. The number of nitrogens with one attached hydrogen (secondary N) is 2. The number of sulfonamides is 1. The van der Waals surface area contributed by atoms with E-state index in [1.54, 1.807) is 29.0 Å². The fourth-order valence-electron chi connectivity index (χ4n) is 2.44. The first-order chi connectivity index (χ1) is 13.9. The van der Waals surface area contributed by atoms with Gasteiger partial charge in [0, 0.05) is 6.07 Å². The van der Waals surface area contributed by atoms with Crippen LogP contribution in [0.2, 0.25) is 0 Å². The molecule has 0 saturated heterocycles. The molecule has 0 aliphatic rings. The number of pyridine rings is 1. The molecule has 0 fully saturated rings. The van der Waals surface area contributed by atoms with E-state index in [4.69, 9.17) is 4.74 Å². The summed E-state index contributed by atoms with van der Waals surface area (Å²) in [5, 5.41) is 1.82. The van der Waals surface area contributed by atoms with Crippen molar-refractivity contribution in [2.45, 2.75) is 11.4 Å². The molecule has 3 aromatic rings. The van der Waals surface area contributed by atoms with Gasteiger partial charge >= 0.3 is 0 Å². The summed E-state index contributed by atoms with van der Waals surface area (Å²) >= 11 is 1.35. The molecule has 2 N–H and O–H groups in total. The number of amides is 1. The Labute approximate surface area is 171 Å². The maximum Gasteiger partial charge on any atom is 0.272 e. The second-order valence-corrected chi connectivity index (χ2v) is 8.53. The van der Waals surface area contributed by atoms with Crippen molar-refractivity contribution in [1.82, 2.24) is 10.3 Å². The van der Waals surface area contributed by atoms with E-state index in [9.17, 15) is 18.0 Å². The molecule has 10 heteroatoms. The van der Waals surface area contributed by atoms with E-state index in [1.807, 2.05) is 5.38 Å². The van der Waals surface area contributed by atoms with E-state index in [1.165, 1.54) is 55.0 Å². The molecule has 0 aliphatic carbocycles. The highest BCUT2D eigenvalue weighted by molar-refractivity contribution is 7.89. The molecule has 0 spiro atoms. The van der Waals surface area contributed by atoms with Crippen LogP contribution in [0.25, 0.3) is 0 Å². The molecule has 0 atom stereocenters. The van der Waals surface area contributed by atoms with Crippen LogP contribution in [0.3, 0.4) is 0 Å². The third-order valence-corrected chi connectivity index (χ3v) is 6.09. The first kappa shape index (κ1) is 20.6. The Kier molecular flexibility index (Phi) is 6.37. The van der Waals surface area contributed by atoms with E-state index in [0.717, 1.165) is 0 Å². The molecule has 2 aromatic heterocycles. The number of rotatable bonds is 8. The van der Waals surface area contributed by atoms with Crippen molar-refractivity contribution in [3.63, 3.8) is 0 Å². The van der Waals surface area contributed by atoms with Crippen LogP contribution in [0, 0.1) is 0 Å². The average molecular weight is 433 g/mol. The zero-order valence-electron chi connectivity index (χ0n) is 15.4. The lowest BCUT2D eigenvalue weighted by molar-refractivity contribution is -0.683. The van der Waals surface area contributed by atoms with Crippen LogP contribution in [0.5, 0.6) is 5.75 Å². The van der Waals surface area contributed by atoms with Gasteiger partial charge in [-0.3, -0.25) is 15.0 Å². The van der Waals surface area contributed by atoms with Gasteiger partial charge in [0.25, 0.3) is 15.9 Å². The molecule has 1 amide bonds. The van der Waals surface area contributed by atoms with Crippen molar-refractivity contribution in [2.24, 2.45) is 0 Å². The smallest absolute Gasteiger partial charge is 0.272 e. The summed E-state index contributed by atoms with van der Waals surface area (Å²) < 4.78 is 31.1. The van der Waals surface area contributed by atoms with Gasteiger partial charge in [-0.05, 0) is 41.8 Å². The minimum atomic E-state index is -3.94. The van der Waals surface area contributed by atoms with Gasteiger partial charge in [-0.2, -0.15) is 4.57 Å². The van der Waals surface area contributed by atoms with Gasteiger partial charge in [-0.25, -0.2) is 8.42 Å². The molecular formula is C19H18N3O5S2+. The highest BCUT2D eigenvalue weighted by Crippen LogP contribution is 2.15. The van der Waals surface area contributed by atoms with Crippen LogP contribution < -0.4 is 19.6 Å². The maximum absolute atomic E-state index is 12.3. The number of hydrogen-bond acceptors (Lipinski definition) is 6. The number of thiophene rings is 1. The minimum Gasteiger partial charge on any atom is -0.497 e. The molecule has 0 radical (unpaired) electrons. The number of ketones is 1. The highest BCUT2D eigenvalue weighted by atomic mass is 32.2. The average Bonchev–Trinajstić information content (AvgIpc) is 3.27. The Morgan fingerprint density at radius 1 is 1.10 bits per heavy atom. The van der Waals surface area contributed by atoms with E-state index >= 15 is 0 Å². The fourth-order valence-corrected chi connectivity index (χ4v) is 3.93. The maximum atomic E-state index is 12.3. The molecule has 29 heavy (non-hydrogen) atoms. The molecule has 8 nitrogen and oxygen atoms in total. The van der Waals surface area contributed by atoms with Crippen LogP contribution >= 0.6 is 11.3 Å². The van der Waals surface area contributed by atoms with Crippen molar-refractivity contribution in [3.05, 3.63) is 76.7 Å². The molecule has 2 heterocycles. The minimum absolute atomic E-state index is 0.0247. The molecule has 1 aromatic carbocycles. The number of Topliss-reactive ketones (excluding diaryl/α,β-unsaturated/α-hetero) is 1. The number of carbonyl (C=O) groups is 2. The summed E-state index contributed by atoms with van der Waals surface area (Å²) in [5.41, 5.74) is 2.37. The van der Waals surface area contributed by atoms with E-state index < -0.39 is 15.9 Å². The van der Waals surface area contributed by atoms with Crippen molar-refractivity contribution < 1.29 is 27.3 Å². The molecule has 0 bridgehead atoms. The summed E-state index contributed by atoms with van der Waals surface area (Å²) in [7, 11) is -2.47. The molecule has 150 valence electrons. The van der Waals surface area contributed by atoms with E-state index in [-0.39, 0.29) is 22.8 Å². The second kappa shape index (κ2) is 8.95. The number of methoxy groups -OCH3 is 1. The second-order valence-electron chi connectivity index (χ2n) is 5.90. The first-order valence-corrected chi connectivity index (χ1v) is 10.8. The number of nitrogens with zero attached hydrogens (tertiary/aromatic N) is 1. The van der Waals surface area contributed by atoms with Gasteiger partial charge in [0.1, 0.15) is 11.3 Å². The monoisotopic (exact) mass is 432 g/mol. The van der Waals surface area contributed by atoms with Crippen LogP contribution in [0.1, 0.15) is 20.0 Å². The summed E-state index contributed by atoms with van der Waals surface area (Å²) in [6, 6.07) is 12.4. The molecule has 3 rings (SSSR count). The zero-order chi connectivity index (χ0) is 20.9. The summed E-state index contributed by atoms with van der Waals surface area (Å²) in [5.74, 6) is -0.221. The standard InChI is InChI=1S/C19H17N3O5S2/c1-27-15-6-8-16(9-7-15)29(25,26)21-20-19(24)14-4-2-10-22(12-14)13-17(23)18-5-3-11-28-18/h2-12,21H,13H2,1H3/p+1. The lowest BCUT2D eigenvalue weighted by atomic mass is 10.2. The van der Waals surface area contributed by atoms with Crippen molar-refractivity contribution >= 4 is 33.1 Å². The zero-order valence-corrected chi connectivity index (χ0v) is 17.0. The van der Waals surface area contributed by atoms with Gasteiger partial charge in [0.15, 0.2) is 12.4 Å². The number of hydrazine groups is 1. The topological polar surface area (TPSA) is 105 Å². The van der Waals surface area contributed by atoms with Crippen molar-refractivity contribution in [3.8, 4) is 5.75 Å². The number of ether oxygens (including phenoxy) is 1. The van der Waals surface area contributed by atoms with Gasteiger partial charge in [-0.1, -0.05) is 6.07 Å². The van der Waals surface area contributed by atoms with Crippen molar-refractivity contribution in [1.29, 1.82) is 0 Å². The van der Waals surface area contributed by atoms with Crippen LogP contribution in [0.15, 0.2) is 71.2 Å². The molecule has 0 unspecified atom stereocenters. The molecular weight excluding hydrogens is 414 g/mol. The van der Waals surface area contributed by atoms with Gasteiger partial charge < -0.3 is 4.74 Å². The Bertz CT molecular complexity index is 1110. The Balaban J connectivity index is 1.65. The third-order valence-electron chi connectivity index (χ3n) is 3.91. The van der Waals surface area contributed by atoms with Crippen LogP contribution in [-0.4, -0.2) is 27.2 Å². The number of benzene rings is 1. The molecule has 0 saturated carbocycles. The predicted octanol–water partition coefficient (Wildman–Crippen LogP) is 1.55. The van der Waals surface area contributed by atoms with Gasteiger partial charge in [0.2, 0.25) is 12.3 Å². The Morgan fingerprint density at radius 2 is 1.86 bits per heavy atom.